The Labute approximate surface area is 132 Å². The summed E-state index contributed by atoms with van der Waals surface area (Å²) >= 11 is 0. The van der Waals surface area contributed by atoms with Crippen molar-refractivity contribution in [2.75, 3.05) is 13.3 Å². The molecule has 3 rings (SSSR count). The van der Waals surface area contributed by atoms with Gasteiger partial charge in [0.2, 0.25) is 13.3 Å². The van der Waals surface area contributed by atoms with Gasteiger partial charge in [-0.1, -0.05) is 36.4 Å². The first-order chi connectivity index (χ1) is 11.2. The van der Waals surface area contributed by atoms with E-state index in [9.17, 15) is 10.1 Å². The lowest BCUT2D eigenvalue weighted by Crippen LogP contribution is -2.28. The molecule has 1 N–H and O–H groups in total. The molecule has 120 valence electrons. The van der Waals surface area contributed by atoms with Crippen LogP contribution in [0.3, 0.4) is 0 Å². The third-order valence-electron chi connectivity index (χ3n) is 3.44. The second-order valence-corrected chi connectivity index (χ2v) is 5.07. The lowest BCUT2D eigenvalue weighted by molar-refractivity contribution is -0.486. The van der Waals surface area contributed by atoms with E-state index in [1.165, 1.54) is 0 Å². The molecule has 0 aromatic heterocycles. The number of rotatable bonds is 7. The molecule has 0 amide bonds. The lowest BCUT2D eigenvalue weighted by atomic mass is 10.1. The third-order valence-corrected chi connectivity index (χ3v) is 3.44. The maximum absolute atomic E-state index is 10.9. The molecule has 2 aromatic carbocycles. The number of fused-ring (bicyclic) bond motifs is 1. The standard InChI is InChI=1S/C16H16N2O5/c19-18(20)9-14(17-23-10-12-4-2-1-3-5-12)13-6-7-15-16(8-13)22-11-21-15/h1-8,14,17H,9-11H2/t14-/m0/s1. The molecular formula is C16H16N2O5. The molecule has 23 heavy (non-hydrogen) atoms. The summed E-state index contributed by atoms with van der Waals surface area (Å²) in [5.41, 5.74) is 4.45. The fraction of sp³-hybridized carbons (Fsp3) is 0.250. The number of hydroxylamine groups is 1. The summed E-state index contributed by atoms with van der Waals surface area (Å²) in [6.07, 6.45) is 0. The van der Waals surface area contributed by atoms with Gasteiger partial charge in [-0.25, -0.2) is 0 Å². The summed E-state index contributed by atoms with van der Waals surface area (Å²) < 4.78 is 10.6. The molecule has 7 heteroatoms. The number of nitrogens with zero attached hydrogens (tertiary/aromatic N) is 1. The molecule has 0 bridgehead atoms. The van der Waals surface area contributed by atoms with Crippen LogP contribution in [0.25, 0.3) is 0 Å². The van der Waals surface area contributed by atoms with E-state index in [0.717, 1.165) is 5.56 Å². The van der Waals surface area contributed by atoms with Crippen LogP contribution in [0.4, 0.5) is 0 Å². The minimum Gasteiger partial charge on any atom is -0.454 e. The zero-order valence-corrected chi connectivity index (χ0v) is 12.3. The Morgan fingerprint density at radius 2 is 1.96 bits per heavy atom. The minimum atomic E-state index is -0.580. The highest BCUT2D eigenvalue weighted by molar-refractivity contribution is 5.45. The Morgan fingerprint density at radius 1 is 1.17 bits per heavy atom. The van der Waals surface area contributed by atoms with Gasteiger partial charge in [0, 0.05) is 4.92 Å². The van der Waals surface area contributed by atoms with Crippen molar-refractivity contribution in [1.29, 1.82) is 0 Å². The molecule has 0 saturated heterocycles. The molecule has 0 saturated carbocycles. The molecule has 0 radical (unpaired) electrons. The fourth-order valence-corrected chi connectivity index (χ4v) is 2.29. The quantitative estimate of drug-likeness (QED) is 0.624. The van der Waals surface area contributed by atoms with Gasteiger partial charge in [-0.3, -0.25) is 15.0 Å². The summed E-state index contributed by atoms with van der Waals surface area (Å²) in [5, 5.41) is 10.9. The molecule has 1 heterocycles. The highest BCUT2D eigenvalue weighted by Crippen LogP contribution is 2.34. The monoisotopic (exact) mass is 316 g/mol. The topological polar surface area (TPSA) is 82.9 Å². The molecular weight excluding hydrogens is 300 g/mol. The van der Waals surface area contributed by atoms with E-state index in [4.69, 9.17) is 14.3 Å². The van der Waals surface area contributed by atoms with Gasteiger partial charge in [-0.05, 0) is 23.3 Å². The third kappa shape index (κ3) is 3.97. The van der Waals surface area contributed by atoms with Crippen LogP contribution < -0.4 is 15.0 Å². The molecule has 0 unspecified atom stereocenters. The van der Waals surface area contributed by atoms with Gasteiger partial charge < -0.3 is 9.47 Å². The molecule has 0 fully saturated rings. The summed E-state index contributed by atoms with van der Waals surface area (Å²) in [4.78, 5) is 16.0. The van der Waals surface area contributed by atoms with E-state index in [1.54, 1.807) is 18.2 Å². The van der Waals surface area contributed by atoms with Crippen LogP contribution in [0.5, 0.6) is 11.5 Å². The minimum absolute atomic E-state index is 0.163. The molecule has 1 atom stereocenters. The van der Waals surface area contributed by atoms with Crippen molar-refractivity contribution in [2.45, 2.75) is 12.6 Å². The Bertz CT molecular complexity index is 677. The van der Waals surface area contributed by atoms with Crippen molar-refractivity contribution in [2.24, 2.45) is 0 Å². The Morgan fingerprint density at radius 3 is 2.74 bits per heavy atom. The van der Waals surface area contributed by atoms with Crippen molar-refractivity contribution >= 4 is 0 Å². The molecule has 7 nitrogen and oxygen atoms in total. The second-order valence-electron chi connectivity index (χ2n) is 5.07. The predicted octanol–water partition coefficient (Wildman–Crippen LogP) is 2.45. The molecule has 2 aromatic rings. The smallest absolute Gasteiger partial charge is 0.231 e. The first-order valence-electron chi connectivity index (χ1n) is 7.15. The van der Waals surface area contributed by atoms with Gasteiger partial charge in [0.15, 0.2) is 11.5 Å². The number of hydrogen-bond acceptors (Lipinski definition) is 6. The van der Waals surface area contributed by atoms with Gasteiger partial charge in [-0.2, -0.15) is 5.48 Å². The van der Waals surface area contributed by atoms with Gasteiger partial charge in [0.25, 0.3) is 0 Å². The predicted molar refractivity (Wildman–Crippen MR) is 81.5 cm³/mol. The van der Waals surface area contributed by atoms with Crippen molar-refractivity contribution in [1.82, 2.24) is 5.48 Å². The van der Waals surface area contributed by atoms with Crippen molar-refractivity contribution in [3.05, 3.63) is 69.8 Å². The average molecular weight is 316 g/mol. The van der Waals surface area contributed by atoms with E-state index in [0.29, 0.717) is 23.7 Å². The summed E-state index contributed by atoms with van der Waals surface area (Å²) in [7, 11) is 0. The van der Waals surface area contributed by atoms with Crippen LogP contribution in [0.2, 0.25) is 0 Å². The molecule has 1 aliphatic heterocycles. The number of benzene rings is 2. The maximum atomic E-state index is 10.9. The number of nitro groups is 1. The first-order valence-corrected chi connectivity index (χ1v) is 7.15. The second kappa shape index (κ2) is 7.08. The Kier molecular flexibility index (Phi) is 4.70. The van der Waals surface area contributed by atoms with Crippen LogP contribution in [0.1, 0.15) is 17.2 Å². The zero-order valence-electron chi connectivity index (χ0n) is 12.3. The fourth-order valence-electron chi connectivity index (χ4n) is 2.29. The van der Waals surface area contributed by atoms with Crippen LogP contribution >= 0.6 is 0 Å². The van der Waals surface area contributed by atoms with E-state index in [1.807, 2.05) is 30.3 Å². The first kappa shape index (κ1) is 15.3. The summed E-state index contributed by atoms with van der Waals surface area (Å²) in [6.45, 7) is 0.185. The van der Waals surface area contributed by atoms with Crippen LogP contribution in [0.15, 0.2) is 48.5 Å². The number of hydrogen-bond donors (Lipinski definition) is 1. The summed E-state index contributed by atoms with van der Waals surface area (Å²) in [5.74, 6) is 1.22. The van der Waals surface area contributed by atoms with E-state index < -0.39 is 6.04 Å². The van der Waals surface area contributed by atoms with Gasteiger partial charge in [-0.15, -0.1) is 0 Å². The van der Waals surface area contributed by atoms with Gasteiger partial charge >= 0.3 is 0 Å². The Balaban J connectivity index is 1.66. The normalized spacial score (nSPS) is 13.7. The molecule has 0 spiro atoms. The number of nitrogens with one attached hydrogen (secondary N) is 1. The van der Waals surface area contributed by atoms with Crippen molar-refractivity contribution < 1.29 is 19.2 Å². The van der Waals surface area contributed by atoms with Crippen LogP contribution in [0, 0.1) is 10.1 Å². The van der Waals surface area contributed by atoms with E-state index in [2.05, 4.69) is 5.48 Å². The average Bonchev–Trinajstić information content (AvgIpc) is 3.02. The Hall–Kier alpha value is -2.64. The van der Waals surface area contributed by atoms with Gasteiger partial charge in [0.1, 0.15) is 6.04 Å². The SMILES string of the molecule is O=[N+]([O-])C[C@H](NOCc1ccccc1)c1ccc2c(c1)OCO2. The molecule has 0 aliphatic carbocycles. The molecule has 1 aliphatic rings. The number of ether oxygens (including phenoxy) is 2. The van der Waals surface area contributed by atoms with Gasteiger partial charge in [0.05, 0.1) is 6.61 Å². The van der Waals surface area contributed by atoms with Crippen molar-refractivity contribution in [3.8, 4) is 11.5 Å². The van der Waals surface area contributed by atoms with E-state index >= 15 is 0 Å². The highest BCUT2D eigenvalue weighted by Gasteiger charge is 2.22. The lowest BCUT2D eigenvalue weighted by Gasteiger charge is -2.15. The highest BCUT2D eigenvalue weighted by atomic mass is 16.7. The van der Waals surface area contributed by atoms with Crippen molar-refractivity contribution in [3.63, 3.8) is 0 Å². The maximum Gasteiger partial charge on any atom is 0.231 e. The summed E-state index contributed by atoms with van der Waals surface area (Å²) in [6, 6.07) is 14.2. The van der Waals surface area contributed by atoms with E-state index in [-0.39, 0.29) is 18.3 Å². The van der Waals surface area contributed by atoms with Crippen LogP contribution in [-0.4, -0.2) is 18.3 Å². The largest absolute Gasteiger partial charge is 0.454 e. The van der Waals surface area contributed by atoms with Crippen LogP contribution in [-0.2, 0) is 11.4 Å². The zero-order chi connectivity index (χ0) is 16.1.